The normalized spacial score (nSPS) is 15.7. The fraction of sp³-hybridized carbons (Fsp3) is 0.500. The van der Waals surface area contributed by atoms with E-state index in [0.717, 1.165) is 11.3 Å². The lowest BCUT2D eigenvalue weighted by Gasteiger charge is -2.35. The number of aliphatic hydroxyl groups excluding tert-OH is 1. The van der Waals surface area contributed by atoms with Crippen LogP contribution < -0.4 is 4.74 Å². The topological polar surface area (TPSA) is 49.8 Å². The quantitative estimate of drug-likeness (QED) is 0.873. The summed E-state index contributed by atoms with van der Waals surface area (Å²) < 4.78 is 5.59. The first-order chi connectivity index (χ1) is 8.54. The summed E-state index contributed by atoms with van der Waals surface area (Å²) in [6.07, 6.45) is 0.146. The van der Waals surface area contributed by atoms with Crippen molar-refractivity contribution in [3.05, 3.63) is 29.8 Å². The number of hydrogen-bond acceptors (Lipinski definition) is 3. The van der Waals surface area contributed by atoms with E-state index in [1.165, 1.54) is 0 Å². The summed E-state index contributed by atoms with van der Waals surface area (Å²) in [5, 5.41) is 9.16. The van der Waals surface area contributed by atoms with Gasteiger partial charge in [-0.25, -0.2) is 0 Å². The molecule has 0 radical (unpaired) electrons. The number of likely N-dealkylation sites (tertiary alicyclic amines) is 1. The van der Waals surface area contributed by atoms with Crippen molar-refractivity contribution < 1.29 is 14.6 Å². The molecular weight excluding hydrogens is 230 g/mol. The number of rotatable bonds is 4. The maximum absolute atomic E-state index is 11.8. The van der Waals surface area contributed by atoms with Crippen molar-refractivity contribution in [1.82, 2.24) is 4.90 Å². The van der Waals surface area contributed by atoms with Gasteiger partial charge in [-0.3, -0.25) is 4.79 Å². The van der Waals surface area contributed by atoms with Crippen LogP contribution in [0.2, 0.25) is 0 Å². The molecule has 4 nitrogen and oxygen atoms in total. The summed E-state index contributed by atoms with van der Waals surface area (Å²) in [4.78, 5) is 13.5. The minimum Gasteiger partial charge on any atom is -0.491 e. The highest BCUT2D eigenvalue weighted by Gasteiger charge is 2.28. The van der Waals surface area contributed by atoms with Crippen LogP contribution in [0.5, 0.6) is 5.75 Å². The van der Waals surface area contributed by atoms with E-state index in [1.807, 2.05) is 38.1 Å². The monoisotopic (exact) mass is 249 g/mol. The van der Waals surface area contributed by atoms with Gasteiger partial charge in [0.2, 0.25) is 5.91 Å². The molecule has 18 heavy (non-hydrogen) atoms. The van der Waals surface area contributed by atoms with E-state index in [1.54, 1.807) is 4.90 Å². The lowest BCUT2D eigenvalue weighted by atomic mass is 10.1. The first kappa shape index (κ1) is 12.9. The second-order valence-corrected chi connectivity index (χ2v) is 4.94. The van der Waals surface area contributed by atoms with Crippen LogP contribution in [0.4, 0.5) is 0 Å². The van der Waals surface area contributed by atoms with Gasteiger partial charge in [-0.1, -0.05) is 12.1 Å². The number of benzene rings is 1. The second kappa shape index (κ2) is 5.40. The fourth-order valence-electron chi connectivity index (χ4n) is 1.95. The van der Waals surface area contributed by atoms with Crippen LogP contribution in [0.25, 0.3) is 0 Å². The molecule has 0 saturated carbocycles. The summed E-state index contributed by atoms with van der Waals surface area (Å²) in [6, 6.07) is 7.60. The predicted octanol–water partition coefficient (Wildman–Crippen LogP) is 1.22. The van der Waals surface area contributed by atoms with E-state index in [4.69, 9.17) is 9.84 Å². The number of amides is 1. The molecule has 4 heteroatoms. The summed E-state index contributed by atoms with van der Waals surface area (Å²) in [5.74, 6) is 0.848. The molecule has 1 aliphatic rings. The van der Waals surface area contributed by atoms with E-state index >= 15 is 0 Å². The largest absolute Gasteiger partial charge is 0.491 e. The highest BCUT2D eigenvalue weighted by atomic mass is 16.5. The zero-order chi connectivity index (χ0) is 13.1. The molecule has 1 fully saturated rings. The van der Waals surface area contributed by atoms with Crippen molar-refractivity contribution in [2.24, 2.45) is 0 Å². The van der Waals surface area contributed by atoms with E-state index < -0.39 is 0 Å². The number of carbonyl (C=O) groups is 1. The highest BCUT2D eigenvalue weighted by Crippen LogP contribution is 2.17. The SMILES string of the molecule is CC(C)Oc1cccc(CC(=O)N2CC(O)C2)c1. The molecule has 0 bridgehead atoms. The molecule has 1 amide bonds. The zero-order valence-corrected chi connectivity index (χ0v) is 10.8. The Bertz CT molecular complexity index is 425. The maximum Gasteiger partial charge on any atom is 0.227 e. The van der Waals surface area contributed by atoms with E-state index in [2.05, 4.69) is 0 Å². The van der Waals surface area contributed by atoms with Crippen molar-refractivity contribution in [2.75, 3.05) is 13.1 Å². The van der Waals surface area contributed by atoms with Crippen LogP contribution >= 0.6 is 0 Å². The summed E-state index contributed by atoms with van der Waals surface area (Å²) in [6.45, 7) is 4.86. The lowest BCUT2D eigenvalue weighted by molar-refractivity contribution is -0.140. The molecular formula is C14H19NO3. The van der Waals surface area contributed by atoms with Gasteiger partial charge in [-0.2, -0.15) is 0 Å². The minimum absolute atomic E-state index is 0.0574. The molecule has 1 heterocycles. The van der Waals surface area contributed by atoms with Gasteiger partial charge in [0.15, 0.2) is 0 Å². The van der Waals surface area contributed by atoms with Crippen molar-refractivity contribution in [3.63, 3.8) is 0 Å². The van der Waals surface area contributed by atoms with Gasteiger partial charge >= 0.3 is 0 Å². The Morgan fingerprint density at radius 2 is 2.22 bits per heavy atom. The van der Waals surface area contributed by atoms with Crippen molar-refractivity contribution in [1.29, 1.82) is 0 Å². The third kappa shape index (κ3) is 3.23. The first-order valence-electron chi connectivity index (χ1n) is 6.26. The van der Waals surface area contributed by atoms with Crippen LogP contribution in [0.1, 0.15) is 19.4 Å². The molecule has 1 N–H and O–H groups in total. The Kier molecular flexibility index (Phi) is 3.87. The average molecular weight is 249 g/mol. The fourth-order valence-corrected chi connectivity index (χ4v) is 1.95. The minimum atomic E-state index is -0.343. The van der Waals surface area contributed by atoms with E-state index in [0.29, 0.717) is 19.5 Å². The Hall–Kier alpha value is -1.55. The van der Waals surface area contributed by atoms with Gasteiger partial charge < -0.3 is 14.7 Å². The van der Waals surface area contributed by atoms with Crippen LogP contribution in [0.15, 0.2) is 24.3 Å². The molecule has 98 valence electrons. The number of carbonyl (C=O) groups excluding carboxylic acids is 1. The average Bonchev–Trinajstić information content (AvgIpc) is 2.24. The molecule has 1 aromatic carbocycles. The van der Waals surface area contributed by atoms with Crippen LogP contribution in [0, 0.1) is 0 Å². The standard InChI is InChI=1S/C14H19NO3/c1-10(2)18-13-5-3-4-11(6-13)7-14(17)15-8-12(16)9-15/h3-6,10,12,16H,7-9H2,1-2H3. The summed E-state index contributed by atoms with van der Waals surface area (Å²) in [5.41, 5.74) is 0.944. The van der Waals surface area contributed by atoms with Gasteiger partial charge in [0.1, 0.15) is 5.75 Å². The number of ether oxygens (including phenoxy) is 1. The predicted molar refractivity (Wildman–Crippen MR) is 68.5 cm³/mol. The van der Waals surface area contributed by atoms with Crippen LogP contribution in [-0.2, 0) is 11.2 Å². The molecule has 1 aromatic rings. The smallest absolute Gasteiger partial charge is 0.227 e. The zero-order valence-electron chi connectivity index (χ0n) is 10.8. The van der Waals surface area contributed by atoms with Gasteiger partial charge in [0.05, 0.1) is 18.6 Å². The summed E-state index contributed by atoms with van der Waals surface area (Å²) in [7, 11) is 0. The Morgan fingerprint density at radius 3 is 2.83 bits per heavy atom. The van der Waals surface area contributed by atoms with Crippen LogP contribution in [0.3, 0.4) is 0 Å². The third-order valence-electron chi connectivity index (χ3n) is 2.84. The number of aliphatic hydroxyl groups is 1. The summed E-state index contributed by atoms with van der Waals surface area (Å²) >= 11 is 0. The molecule has 2 rings (SSSR count). The van der Waals surface area contributed by atoms with Crippen LogP contribution in [-0.4, -0.2) is 41.2 Å². The number of β-amino-alcohol motifs (C(OH)–C–C–N with tert-alkyl or cyclic N) is 1. The molecule has 0 aromatic heterocycles. The van der Waals surface area contributed by atoms with Crippen molar-refractivity contribution >= 4 is 5.91 Å². The Balaban J connectivity index is 1.94. The molecule has 1 aliphatic heterocycles. The van der Waals surface area contributed by atoms with E-state index in [9.17, 15) is 4.79 Å². The maximum atomic E-state index is 11.8. The van der Waals surface area contributed by atoms with Gasteiger partial charge in [0, 0.05) is 13.1 Å². The van der Waals surface area contributed by atoms with Gasteiger partial charge in [-0.05, 0) is 31.5 Å². The molecule has 1 saturated heterocycles. The first-order valence-corrected chi connectivity index (χ1v) is 6.26. The van der Waals surface area contributed by atoms with Gasteiger partial charge in [-0.15, -0.1) is 0 Å². The molecule has 0 spiro atoms. The Morgan fingerprint density at radius 1 is 1.50 bits per heavy atom. The second-order valence-electron chi connectivity index (χ2n) is 4.94. The van der Waals surface area contributed by atoms with Crippen molar-refractivity contribution in [2.45, 2.75) is 32.5 Å². The number of nitrogens with zero attached hydrogens (tertiary/aromatic N) is 1. The molecule has 0 atom stereocenters. The van der Waals surface area contributed by atoms with Crippen molar-refractivity contribution in [3.8, 4) is 5.75 Å². The molecule has 0 aliphatic carbocycles. The lowest BCUT2D eigenvalue weighted by Crippen LogP contribution is -2.53. The third-order valence-corrected chi connectivity index (χ3v) is 2.84. The van der Waals surface area contributed by atoms with E-state index in [-0.39, 0.29) is 18.1 Å². The highest BCUT2D eigenvalue weighted by molar-refractivity contribution is 5.79. The molecule has 0 unspecified atom stereocenters. The van der Waals surface area contributed by atoms with Gasteiger partial charge in [0.25, 0.3) is 0 Å². The number of hydrogen-bond donors (Lipinski definition) is 1. The Labute approximate surface area is 107 Å².